The predicted octanol–water partition coefficient (Wildman–Crippen LogP) is 1.53. The van der Waals surface area contributed by atoms with Crippen LogP contribution in [0.25, 0.3) is 0 Å². The summed E-state index contributed by atoms with van der Waals surface area (Å²) in [6, 6.07) is 3.66. The molecule has 0 aromatic carbocycles. The van der Waals surface area contributed by atoms with Crippen molar-refractivity contribution in [2.45, 2.75) is 32.9 Å². The smallest absolute Gasteiger partial charge is 0.243 e. The van der Waals surface area contributed by atoms with Crippen molar-refractivity contribution < 1.29 is 13.7 Å². The normalized spacial score (nSPS) is 18.8. The number of rotatable bonds is 6. The monoisotopic (exact) mass is 347 g/mol. The van der Waals surface area contributed by atoms with Gasteiger partial charge in [-0.3, -0.25) is 14.6 Å². The summed E-state index contributed by atoms with van der Waals surface area (Å²) in [6.45, 7) is 9.60. The van der Waals surface area contributed by atoms with Crippen molar-refractivity contribution in [3.63, 3.8) is 0 Å². The number of nitrogens with zero attached hydrogens (tertiary/aromatic N) is 4. The molecule has 1 aliphatic rings. The van der Waals surface area contributed by atoms with Crippen LogP contribution in [0.5, 0.6) is 0 Å². The molecule has 3 heterocycles. The van der Waals surface area contributed by atoms with E-state index >= 15 is 0 Å². The third kappa shape index (κ3) is 4.46. The van der Waals surface area contributed by atoms with E-state index in [1.807, 2.05) is 26.0 Å². The zero-order chi connectivity index (χ0) is 17.8. The molecule has 1 N–H and O–H groups in total. The highest BCUT2D eigenvalue weighted by molar-refractivity contribution is 5.78. The predicted molar refractivity (Wildman–Crippen MR) is 90.7 cm³/mol. The maximum Gasteiger partial charge on any atom is 0.243 e. The van der Waals surface area contributed by atoms with Crippen molar-refractivity contribution in [1.82, 2.24) is 25.3 Å². The number of carbonyl (C=O) groups is 1. The van der Waals surface area contributed by atoms with Gasteiger partial charge in [0.05, 0.1) is 24.9 Å². The molecular formula is C17H25N5O3. The lowest BCUT2D eigenvalue weighted by Gasteiger charge is -2.36. The molecule has 2 atom stereocenters. The highest BCUT2D eigenvalue weighted by Gasteiger charge is 2.26. The standard InChI is InChI=1S/C17H25N5O3/c1-12(15-5-4-10-24-15)18-16(23)11-21-6-8-22(9-7-21)13(2)17-19-14(3)20-25-17/h4-5,10,12-13H,6-9,11H2,1-3H3,(H,18,23)/t12-,13+/m0/s1. The van der Waals surface area contributed by atoms with E-state index in [2.05, 4.69) is 32.2 Å². The first kappa shape index (κ1) is 17.6. The molecule has 3 rings (SSSR count). The van der Waals surface area contributed by atoms with E-state index < -0.39 is 0 Å². The van der Waals surface area contributed by atoms with Gasteiger partial charge < -0.3 is 14.3 Å². The van der Waals surface area contributed by atoms with E-state index in [1.165, 1.54) is 0 Å². The lowest BCUT2D eigenvalue weighted by molar-refractivity contribution is -0.123. The molecule has 8 heteroatoms. The van der Waals surface area contributed by atoms with E-state index in [4.69, 9.17) is 8.94 Å². The third-order valence-corrected chi connectivity index (χ3v) is 4.57. The highest BCUT2D eigenvalue weighted by Crippen LogP contribution is 2.20. The summed E-state index contributed by atoms with van der Waals surface area (Å²) in [5.41, 5.74) is 0. The number of aryl methyl sites for hydroxylation is 1. The molecule has 136 valence electrons. The second kappa shape index (κ2) is 7.79. The molecule has 2 aromatic heterocycles. The van der Waals surface area contributed by atoms with Crippen molar-refractivity contribution in [2.24, 2.45) is 0 Å². The van der Waals surface area contributed by atoms with Gasteiger partial charge in [0.1, 0.15) is 5.76 Å². The fourth-order valence-corrected chi connectivity index (χ4v) is 3.05. The zero-order valence-corrected chi connectivity index (χ0v) is 14.9. The number of hydrogen-bond acceptors (Lipinski definition) is 7. The minimum atomic E-state index is -0.121. The minimum Gasteiger partial charge on any atom is -0.467 e. The number of furan rings is 1. The summed E-state index contributed by atoms with van der Waals surface area (Å²) in [5, 5.41) is 6.82. The van der Waals surface area contributed by atoms with Crippen molar-refractivity contribution >= 4 is 5.91 Å². The van der Waals surface area contributed by atoms with Crippen LogP contribution in [0, 0.1) is 6.92 Å². The molecule has 0 saturated carbocycles. The summed E-state index contributed by atoms with van der Waals surface area (Å²) in [7, 11) is 0. The number of piperazine rings is 1. The molecule has 0 radical (unpaired) electrons. The summed E-state index contributed by atoms with van der Waals surface area (Å²) in [4.78, 5) is 21.0. The molecule has 1 aliphatic heterocycles. The van der Waals surface area contributed by atoms with Crippen LogP contribution in [0.2, 0.25) is 0 Å². The van der Waals surface area contributed by atoms with E-state index in [-0.39, 0.29) is 18.0 Å². The lowest BCUT2D eigenvalue weighted by atomic mass is 10.2. The van der Waals surface area contributed by atoms with E-state index in [1.54, 1.807) is 6.26 Å². The van der Waals surface area contributed by atoms with Gasteiger partial charge in [0.2, 0.25) is 11.8 Å². The fraction of sp³-hybridized carbons (Fsp3) is 0.588. The largest absolute Gasteiger partial charge is 0.467 e. The number of nitrogens with one attached hydrogen (secondary N) is 1. The SMILES string of the molecule is Cc1noc([C@@H](C)N2CCN(CC(=O)N[C@@H](C)c3ccco3)CC2)n1. The number of amides is 1. The number of aromatic nitrogens is 2. The average molecular weight is 347 g/mol. The van der Waals surface area contributed by atoms with Crippen LogP contribution >= 0.6 is 0 Å². The molecule has 0 aliphatic carbocycles. The quantitative estimate of drug-likeness (QED) is 0.848. The number of hydrogen-bond donors (Lipinski definition) is 1. The Kier molecular flexibility index (Phi) is 5.50. The Hall–Kier alpha value is -2.19. The molecule has 8 nitrogen and oxygen atoms in total. The summed E-state index contributed by atoms with van der Waals surface area (Å²) >= 11 is 0. The summed E-state index contributed by atoms with van der Waals surface area (Å²) in [5.74, 6) is 2.08. The third-order valence-electron chi connectivity index (χ3n) is 4.57. The lowest BCUT2D eigenvalue weighted by Crippen LogP contribution is -2.50. The van der Waals surface area contributed by atoms with Crippen molar-refractivity contribution in [1.29, 1.82) is 0 Å². The van der Waals surface area contributed by atoms with E-state index in [0.29, 0.717) is 18.3 Å². The Labute approximate surface area is 147 Å². The van der Waals surface area contributed by atoms with Crippen LogP contribution in [-0.2, 0) is 4.79 Å². The van der Waals surface area contributed by atoms with E-state index in [9.17, 15) is 4.79 Å². The first-order valence-corrected chi connectivity index (χ1v) is 8.62. The van der Waals surface area contributed by atoms with Crippen molar-refractivity contribution in [3.05, 3.63) is 35.9 Å². The van der Waals surface area contributed by atoms with Gasteiger partial charge in [0, 0.05) is 26.2 Å². The molecule has 0 spiro atoms. The molecule has 1 fully saturated rings. The van der Waals surface area contributed by atoms with Crippen molar-refractivity contribution in [3.8, 4) is 0 Å². The van der Waals surface area contributed by atoms with Crippen LogP contribution in [0.15, 0.2) is 27.3 Å². The van der Waals surface area contributed by atoms with Gasteiger partial charge in [-0.1, -0.05) is 5.16 Å². The Balaban J connectivity index is 1.43. The van der Waals surface area contributed by atoms with Gasteiger partial charge in [-0.2, -0.15) is 4.98 Å². The van der Waals surface area contributed by atoms with Gasteiger partial charge in [-0.05, 0) is 32.9 Å². The van der Waals surface area contributed by atoms with Crippen LogP contribution in [0.4, 0.5) is 0 Å². The minimum absolute atomic E-state index is 0.0120. The average Bonchev–Trinajstić information content (AvgIpc) is 3.26. The molecule has 2 aromatic rings. The topological polar surface area (TPSA) is 87.6 Å². The second-order valence-electron chi connectivity index (χ2n) is 6.47. The van der Waals surface area contributed by atoms with Gasteiger partial charge in [0.25, 0.3) is 0 Å². The first-order chi connectivity index (χ1) is 12.0. The van der Waals surface area contributed by atoms with Gasteiger partial charge in [-0.25, -0.2) is 0 Å². The van der Waals surface area contributed by atoms with Crippen LogP contribution in [0.3, 0.4) is 0 Å². The van der Waals surface area contributed by atoms with Gasteiger partial charge >= 0.3 is 0 Å². The molecular weight excluding hydrogens is 322 g/mol. The van der Waals surface area contributed by atoms with Crippen LogP contribution in [-0.4, -0.2) is 58.6 Å². The maximum atomic E-state index is 12.2. The Morgan fingerprint density at radius 3 is 2.68 bits per heavy atom. The summed E-state index contributed by atoms with van der Waals surface area (Å²) < 4.78 is 10.6. The highest BCUT2D eigenvalue weighted by atomic mass is 16.5. The Morgan fingerprint density at radius 1 is 1.32 bits per heavy atom. The van der Waals surface area contributed by atoms with Gasteiger partial charge in [-0.15, -0.1) is 0 Å². The second-order valence-corrected chi connectivity index (χ2v) is 6.47. The molecule has 1 saturated heterocycles. The molecule has 25 heavy (non-hydrogen) atoms. The van der Waals surface area contributed by atoms with E-state index in [0.717, 1.165) is 31.9 Å². The molecule has 1 amide bonds. The fourth-order valence-electron chi connectivity index (χ4n) is 3.05. The molecule has 0 bridgehead atoms. The van der Waals surface area contributed by atoms with Gasteiger partial charge in [0.15, 0.2) is 5.82 Å². The molecule has 0 unspecified atom stereocenters. The Bertz CT molecular complexity index is 676. The van der Waals surface area contributed by atoms with Crippen LogP contribution < -0.4 is 5.32 Å². The van der Waals surface area contributed by atoms with Crippen molar-refractivity contribution in [2.75, 3.05) is 32.7 Å². The van der Waals surface area contributed by atoms with Crippen LogP contribution in [0.1, 0.15) is 43.4 Å². The maximum absolute atomic E-state index is 12.2. The Morgan fingerprint density at radius 2 is 2.08 bits per heavy atom. The zero-order valence-electron chi connectivity index (χ0n) is 14.9. The summed E-state index contributed by atoms with van der Waals surface area (Å²) in [6.07, 6.45) is 1.61. The number of carbonyl (C=O) groups excluding carboxylic acids is 1. The first-order valence-electron chi connectivity index (χ1n) is 8.62.